The zero-order chi connectivity index (χ0) is 8.31. The van der Waals surface area contributed by atoms with Crippen molar-refractivity contribution >= 4 is 11.8 Å². The predicted molar refractivity (Wildman–Crippen MR) is 37.1 cm³/mol. The molecule has 58 valence electrons. The van der Waals surface area contributed by atoms with E-state index in [1.54, 1.807) is 13.8 Å². The first kappa shape index (κ1) is 8.94. The second-order valence-corrected chi connectivity index (χ2v) is 2.37. The highest BCUT2D eigenvalue weighted by Crippen LogP contribution is 1.92. The lowest BCUT2D eigenvalue weighted by molar-refractivity contribution is -0.144. The molecule has 0 saturated carbocycles. The maximum Gasteiger partial charge on any atom is 0.311 e. The van der Waals surface area contributed by atoms with Crippen LogP contribution in [0, 0.1) is 0 Å². The number of hydrogen-bond donors (Lipinski definition) is 1. The summed E-state index contributed by atoms with van der Waals surface area (Å²) in [6, 6.07) is 0.0139. The van der Waals surface area contributed by atoms with E-state index in [-0.39, 0.29) is 6.04 Å². The molecule has 0 bridgehead atoms. The number of rotatable bonds is 1. The fraction of sp³-hybridized carbons (Fsp3) is 0.667. The number of likely N-dealkylation sites (N-methyl/N-ethyl adjacent to an activating group) is 1. The Morgan fingerprint density at radius 2 is 1.80 bits per heavy atom. The highest BCUT2D eigenvalue weighted by Gasteiger charge is 2.16. The molecule has 4 nitrogen and oxygen atoms in total. The van der Waals surface area contributed by atoms with E-state index in [1.807, 2.05) is 0 Å². The lowest BCUT2D eigenvalue weighted by atomic mass is 10.3. The third-order valence-corrected chi connectivity index (χ3v) is 1.31. The average Bonchev–Trinajstić information content (AvgIpc) is 1.84. The fourth-order valence-corrected chi connectivity index (χ4v) is 0.408. The molecular weight excluding hydrogens is 132 g/mol. The van der Waals surface area contributed by atoms with E-state index in [9.17, 15) is 9.59 Å². The van der Waals surface area contributed by atoms with Crippen molar-refractivity contribution in [3.8, 4) is 0 Å². The summed E-state index contributed by atoms with van der Waals surface area (Å²) in [5.74, 6) is -1.55. The van der Waals surface area contributed by atoms with E-state index in [0.29, 0.717) is 0 Å². The molecule has 0 aliphatic heterocycles. The quantitative estimate of drug-likeness (QED) is 0.496. The van der Waals surface area contributed by atoms with Crippen molar-refractivity contribution < 1.29 is 9.59 Å². The van der Waals surface area contributed by atoms with Crippen molar-refractivity contribution in [3.63, 3.8) is 0 Å². The topological polar surface area (TPSA) is 63.4 Å². The summed E-state index contributed by atoms with van der Waals surface area (Å²) in [4.78, 5) is 22.3. The molecule has 0 aliphatic carbocycles. The van der Waals surface area contributed by atoms with E-state index in [1.165, 1.54) is 11.9 Å². The molecule has 4 heteroatoms. The third kappa shape index (κ3) is 2.05. The first-order valence-corrected chi connectivity index (χ1v) is 3.03. The van der Waals surface area contributed by atoms with Gasteiger partial charge in [-0.05, 0) is 13.8 Å². The minimum absolute atomic E-state index is 0.0139. The van der Waals surface area contributed by atoms with Gasteiger partial charge in [-0.1, -0.05) is 0 Å². The van der Waals surface area contributed by atoms with Gasteiger partial charge in [0.05, 0.1) is 0 Å². The second-order valence-electron chi connectivity index (χ2n) is 2.37. The first-order chi connectivity index (χ1) is 4.46. The highest BCUT2D eigenvalue weighted by atomic mass is 16.2. The van der Waals surface area contributed by atoms with Gasteiger partial charge in [0.25, 0.3) is 0 Å². The van der Waals surface area contributed by atoms with Crippen molar-refractivity contribution in [3.05, 3.63) is 0 Å². The maximum atomic E-state index is 10.7. The van der Waals surface area contributed by atoms with E-state index in [4.69, 9.17) is 5.73 Å². The Balaban J connectivity index is 4.08. The lowest BCUT2D eigenvalue weighted by Gasteiger charge is -2.18. The number of carbonyl (C=O) groups excluding carboxylic acids is 2. The number of nitrogens with zero attached hydrogens (tertiary/aromatic N) is 1. The number of carbonyl (C=O) groups is 2. The van der Waals surface area contributed by atoms with E-state index < -0.39 is 11.8 Å². The standard InChI is InChI=1S/C6H12N2O2/c1-4(2)8(3)6(10)5(7)9/h4H,1-3H3,(H2,7,9). The Hall–Kier alpha value is -1.06. The van der Waals surface area contributed by atoms with Crippen LogP contribution in [0.2, 0.25) is 0 Å². The third-order valence-electron chi connectivity index (χ3n) is 1.31. The predicted octanol–water partition coefficient (Wildman–Crippen LogP) is -0.662. The van der Waals surface area contributed by atoms with Crippen LogP contribution in [0.4, 0.5) is 0 Å². The molecule has 0 atom stereocenters. The summed E-state index contributed by atoms with van der Waals surface area (Å²) in [7, 11) is 1.54. The second kappa shape index (κ2) is 3.20. The van der Waals surface area contributed by atoms with Crippen LogP contribution >= 0.6 is 0 Å². The highest BCUT2D eigenvalue weighted by molar-refractivity contribution is 6.34. The molecule has 0 saturated heterocycles. The summed E-state index contributed by atoms with van der Waals surface area (Å²) in [6.07, 6.45) is 0. The normalized spacial score (nSPS) is 9.60. The van der Waals surface area contributed by atoms with Crippen molar-refractivity contribution in [1.29, 1.82) is 0 Å². The summed E-state index contributed by atoms with van der Waals surface area (Å²) >= 11 is 0. The number of nitrogens with two attached hydrogens (primary N) is 1. The van der Waals surface area contributed by atoms with Crippen molar-refractivity contribution in [1.82, 2.24) is 4.90 Å². The van der Waals surface area contributed by atoms with Gasteiger partial charge >= 0.3 is 11.8 Å². The summed E-state index contributed by atoms with van der Waals surface area (Å²) in [6.45, 7) is 3.61. The van der Waals surface area contributed by atoms with Gasteiger partial charge in [-0.15, -0.1) is 0 Å². The molecule has 0 rings (SSSR count). The molecule has 0 aliphatic rings. The van der Waals surface area contributed by atoms with E-state index >= 15 is 0 Å². The van der Waals surface area contributed by atoms with Gasteiger partial charge in [-0.2, -0.15) is 0 Å². The number of primary amides is 1. The molecule has 0 aromatic heterocycles. The van der Waals surface area contributed by atoms with E-state index in [2.05, 4.69) is 0 Å². The van der Waals surface area contributed by atoms with Gasteiger partial charge in [0.15, 0.2) is 0 Å². The Morgan fingerprint density at radius 1 is 1.40 bits per heavy atom. The Bertz CT molecular complexity index is 154. The molecule has 2 amide bonds. The molecule has 0 radical (unpaired) electrons. The number of amides is 2. The smallest absolute Gasteiger partial charge is 0.311 e. The van der Waals surface area contributed by atoms with Crippen LogP contribution in [0.3, 0.4) is 0 Å². The maximum absolute atomic E-state index is 10.7. The zero-order valence-electron chi connectivity index (χ0n) is 6.42. The van der Waals surface area contributed by atoms with Crippen LogP contribution in [0.5, 0.6) is 0 Å². The molecule has 0 fully saturated rings. The Kier molecular flexibility index (Phi) is 2.86. The molecule has 0 heterocycles. The lowest BCUT2D eigenvalue weighted by Crippen LogP contribution is -2.41. The molecule has 0 aromatic rings. The number of hydrogen-bond acceptors (Lipinski definition) is 2. The van der Waals surface area contributed by atoms with Crippen molar-refractivity contribution in [2.75, 3.05) is 7.05 Å². The average molecular weight is 144 g/mol. The Morgan fingerprint density at radius 3 is 1.90 bits per heavy atom. The summed E-state index contributed by atoms with van der Waals surface area (Å²) in [5, 5.41) is 0. The van der Waals surface area contributed by atoms with Gasteiger partial charge in [-0.3, -0.25) is 9.59 Å². The van der Waals surface area contributed by atoms with Crippen LogP contribution in [-0.4, -0.2) is 29.8 Å². The van der Waals surface area contributed by atoms with Crippen LogP contribution in [0.1, 0.15) is 13.8 Å². The first-order valence-electron chi connectivity index (χ1n) is 3.03. The van der Waals surface area contributed by atoms with Gasteiger partial charge in [-0.25, -0.2) is 0 Å². The minimum Gasteiger partial charge on any atom is -0.361 e. The molecule has 0 aromatic carbocycles. The van der Waals surface area contributed by atoms with Gasteiger partial charge in [0.2, 0.25) is 0 Å². The van der Waals surface area contributed by atoms with Crippen LogP contribution in [-0.2, 0) is 9.59 Å². The van der Waals surface area contributed by atoms with Gasteiger partial charge in [0.1, 0.15) is 0 Å². The SMILES string of the molecule is CC(C)N(C)C(=O)C(N)=O. The van der Waals surface area contributed by atoms with E-state index in [0.717, 1.165) is 0 Å². The summed E-state index contributed by atoms with van der Waals surface area (Å²) in [5.41, 5.74) is 4.74. The Labute approximate surface area is 60.0 Å². The van der Waals surface area contributed by atoms with Crippen LogP contribution in [0.25, 0.3) is 0 Å². The monoisotopic (exact) mass is 144 g/mol. The fourth-order valence-electron chi connectivity index (χ4n) is 0.408. The zero-order valence-corrected chi connectivity index (χ0v) is 6.42. The summed E-state index contributed by atoms with van der Waals surface area (Å²) < 4.78 is 0. The molecule has 2 N–H and O–H groups in total. The molecule has 10 heavy (non-hydrogen) atoms. The largest absolute Gasteiger partial charge is 0.361 e. The molecule has 0 spiro atoms. The van der Waals surface area contributed by atoms with Crippen LogP contribution in [0.15, 0.2) is 0 Å². The molecule has 0 unspecified atom stereocenters. The minimum atomic E-state index is -0.906. The van der Waals surface area contributed by atoms with Gasteiger partial charge in [0, 0.05) is 13.1 Å². The van der Waals surface area contributed by atoms with Crippen molar-refractivity contribution in [2.24, 2.45) is 5.73 Å². The van der Waals surface area contributed by atoms with Crippen molar-refractivity contribution in [2.45, 2.75) is 19.9 Å². The van der Waals surface area contributed by atoms with Crippen LogP contribution < -0.4 is 5.73 Å². The molecular formula is C6H12N2O2. The van der Waals surface area contributed by atoms with Gasteiger partial charge < -0.3 is 10.6 Å².